The van der Waals surface area contributed by atoms with E-state index in [1.165, 1.54) is 0 Å². The molecule has 0 atom stereocenters. The molecule has 0 saturated carbocycles. The second-order valence-electron chi connectivity index (χ2n) is 4.03. The van der Waals surface area contributed by atoms with E-state index >= 15 is 0 Å². The number of benzene rings is 2. The first-order chi connectivity index (χ1) is 9.22. The fraction of sp³-hybridized carbons (Fsp3) is 0.200. The first kappa shape index (κ1) is 13.6. The molecule has 0 bridgehead atoms. The molecular formula is C15H16ClNO2. The minimum Gasteiger partial charge on any atom is -0.506 e. The van der Waals surface area contributed by atoms with Crippen molar-refractivity contribution in [3.8, 4) is 11.5 Å². The number of para-hydroxylation sites is 3. The van der Waals surface area contributed by atoms with E-state index in [0.29, 0.717) is 18.2 Å². The number of rotatable bonds is 5. The maximum absolute atomic E-state index is 9.85. The lowest BCUT2D eigenvalue weighted by molar-refractivity contribution is 0.341. The number of phenolic OH excluding ortho intramolecular Hbond substituents is 1. The van der Waals surface area contributed by atoms with Gasteiger partial charge in [-0.3, -0.25) is 0 Å². The number of halogens is 1. The third kappa shape index (κ3) is 3.32. The molecule has 2 aromatic rings. The van der Waals surface area contributed by atoms with Crippen LogP contribution in [0.15, 0.2) is 42.5 Å². The number of aromatic hydroxyl groups is 1. The van der Waals surface area contributed by atoms with E-state index in [9.17, 15) is 5.11 Å². The van der Waals surface area contributed by atoms with Crippen LogP contribution in [0.4, 0.5) is 5.69 Å². The van der Waals surface area contributed by atoms with Crippen LogP contribution >= 0.6 is 11.6 Å². The van der Waals surface area contributed by atoms with Crippen LogP contribution < -0.4 is 10.1 Å². The van der Waals surface area contributed by atoms with Crippen molar-refractivity contribution >= 4 is 17.3 Å². The third-order valence-electron chi connectivity index (χ3n) is 2.73. The molecule has 2 aromatic carbocycles. The van der Waals surface area contributed by atoms with Gasteiger partial charge in [0.15, 0.2) is 0 Å². The van der Waals surface area contributed by atoms with Crippen LogP contribution in [-0.4, -0.2) is 11.7 Å². The van der Waals surface area contributed by atoms with Gasteiger partial charge in [0.2, 0.25) is 0 Å². The van der Waals surface area contributed by atoms with Gasteiger partial charge in [-0.25, -0.2) is 0 Å². The summed E-state index contributed by atoms with van der Waals surface area (Å²) < 4.78 is 5.53. The van der Waals surface area contributed by atoms with Crippen molar-refractivity contribution < 1.29 is 9.84 Å². The van der Waals surface area contributed by atoms with Gasteiger partial charge < -0.3 is 15.2 Å². The van der Waals surface area contributed by atoms with E-state index < -0.39 is 0 Å². The van der Waals surface area contributed by atoms with Gasteiger partial charge in [0, 0.05) is 12.1 Å². The monoisotopic (exact) mass is 277 g/mol. The Morgan fingerprint density at radius 3 is 2.74 bits per heavy atom. The molecule has 0 saturated heterocycles. The van der Waals surface area contributed by atoms with Gasteiger partial charge in [-0.1, -0.05) is 35.9 Å². The Labute approximate surface area is 117 Å². The quantitative estimate of drug-likeness (QED) is 0.866. The van der Waals surface area contributed by atoms with Crippen LogP contribution in [0.1, 0.15) is 12.5 Å². The number of hydrogen-bond donors (Lipinski definition) is 2. The molecule has 0 fully saturated rings. The van der Waals surface area contributed by atoms with Gasteiger partial charge in [-0.2, -0.15) is 0 Å². The van der Waals surface area contributed by atoms with Crippen molar-refractivity contribution in [2.75, 3.05) is 11.9 Å². The van der Waals surface area contributed by atoms with E-state index in [2.05, 4.69) is 5.32 Å². The van der Waals surface area contributed by atoms with Crippen molar-refractivity contribution in [3.63, 3.8) is 0 Å². The molecule has 0 aliphatic rings. The van der Waals surface area contributed by atoms with Crippen LogP contribution in [0.3, 0.4) is 0 Å². The standard InChI is InChI=1S/C15H16ClNO2/c1-2-19-14-9-4-3-8-13(14)17-10-11-6-5-7-12(16)15(11)18/h3-9,17-18H,2,10H2,1H3. The summed E-state index contributed by atoms with van der Waals surface area (Å²) >= 11 is 5.87. The van der Waals surface area contributed by atoms with E-state index in [-0.39, 0.29) is 5.75 Å². The highest BCUT2D eigenvalue weighted by Gasteiger charge is 2.06. The Bertz CT molecular complexity index is 558. The van der Waals surface area contributed by atoms with Crippen LogP contribution in [0.25, 0.3) is 0 Å². The lowest BCUT2D eigenvalue weighted by Gasteiger charge is -2.13. The average Bonchev–Trinajstić information content (AvgIpc) is 2.42. The zero-order chi connectivity index (χ0) is 13.7. The minimum atomic E-state index is 0.116. The van der Waals surface area contributed by atoms with Crippen LogP contribution in [0.2, 0.25) is 5.02 Å². The lowest BCUT2D eigenvalue weighted by atomic mass is 10.2. The summed E-state index contributed by atoms with van der Waals surface area (Å²) in [6, 6.07) is 13.0. The summed E-state index contributed by atoms with van der Waals surface area (Å²) in [6.07, 6.45) is 0. The molecule has 4 heteroatoms. The number of anilines is 1. The topological polar surface area (TPSA) is 41.5 Å². The molecule has 100 valence electrons. The number of hydrogen-bond acceptors (Lipinski definition) is 3. The molecule has 2 N–H and O–H groups in total. The number of ether oxygens (including phenoxy) is 1. The van der Waals surface area contributed by atoms with Crippen molar-refractivity contribution in [1.29, 1.82) is 0 Å². The molecule has 0 amide bonds. The van der Waals surface area contributed by atoms with Crippen molar-refractivity contribution in [3.05, 3.63) is 53.1 Å². The first-order valence-corrected chi connectivity index (χ1v) is 6.52. The zero-order valence-corrected chi connectivity index (χ0v) is 11.4. The Morgan fingerprint density at radius 2 is 1.95 bits per heavy atom. The second-order valence-corrected chi connectivity index (χ2v) is 4.44. The molecule has 0 spiro atoms. The van der Waals surface area contributed by atoms with E-state index in [1.54, 1.807) is 6.07 Å². The average molecular weight is 278 g/mol. The van der Waals surface area contributed by atoms with Crippen LogP contribution in [-0.2, 0) is 6.54 Å². The molecule has 0 heterocycles. The zero-order valence-electron chi connectivity index (χ0n) is 10.7. The highest BCUT2D eigenvalue weighted by Crippen LogP contribution is 2.29. The molecule has 3 nitrogen and oxygen atoms in total. The van der Waals surface area contributed by atoms with Gasteiger partial charge in [0.25, 0.3) is 0 Å². The summed E-state index contributed by atoms with van der Waals surface area (Å²) in [6.45, 7) is 3.04. The smallest absolute Gasteiger partial charge is 0.142 e. The fourth-order valence-electron chi connectivity index (χ4n) is 1.79. The van der Waals surface area contributed by atoms with E-state index in [1.807, 2.05) is 43.3 Å². The Hall–Kier alpha value is -1.87. The molecule has 0 aliphatic carbocycles. The van der Waals surface area contributed by atoms with Crippen molar-refractivity contribution in [2.45, 2.75) is 13.5 Å². The summed E-state index contributed by atoms with van der Waals surface area (Å²) in [5.41, 5.74) is 1.64. The molecule has 0 radical (unpaired) electrons. The van der Waals surface area contributed by atoms with Crippen molar-refractivity contribution in [2.24, 2.45) is 0 Å². The van der Waals surface area contributed by atoms with E-state index in [0.717, 1.165) is 17.0 Å². The van der Waals surface area contributed by atoms with Gasteiger partial charge >= 0.3 is 0 Å². The van der Waals surface area contributed by atoms with Crippen LogP contribution in [0, 0.1) is 0 Å². The summed E-state index contributed by atoms with van der Waals surface area (Å²) in [5, 5.41) is 13.4. The van der Waals surface area contributed by atoms with Crippen LogP contribution in [0.5, 0.6) is 11.5 Å². The maximum Gasteiger partial charge on any atom is 0.142 e. The highest BCUT2D eigenvalue weighted by molar-refractivity contribution is 6.32. The largest absolute Gasteiger partial charge is 0.506 e. The summed E-state index contributed by atoms with van der Waals surface area (Å²) in [4.78, 5) is 0. The van der Waals surface area contributed by atoms with Gasteiger partial charge in [0.1, 0.15) is 11.5 Å². The number of nitrogens with one attached hydrogen (secondary N) is 1. The van der Waals surface area contributed by atoms with Gasteiger partial charge in [-0.05, 0) is 25.1 Å². The highest BCUT2D eigenvalue weighted by atomic mass is 35.5. The lowest BCUT2D eigenvalue weighted by Crippen LogP contribution is -2.02. The summed E-state index contributed by atoms with van der Waals surface area (Å²) in [7, 11) is 0. The Kier molecular flexibility index (Phi) is 4.53. The van der Waals surface area contributed by atoms with Gasteiger partial charge in [-0.15, -0.1) is 0 Å². The van der Waals surface area contributed by atoms with E-state index in [4.69, 9.17) is 16.3 Å². The Balaban J connectivity index is 2.12. The predicted molar refractivity (Wildman–Crippen MR) is 78.1 cm³/mol. The maximum atomic E-state index is 9.85. The fourth-order valence-corrected chi connectivity index (χ4v) is 1.98. The Morgan fingerprint density at radius 1 is 1.16 bits per heavy atom. The number of phenols is 1. The van der Waals surface area contributed by atoms with Crippen molar-refractivity contribution in [1.82, 2.24) is 0 Å². The second kappa shape index (κ2) is 6.34. The molecule has 19 heavy (non-hydrogen) atoms. The predicted octanol–water partition coefficient (Wildman–Crippen LogP) is 4.06. The third-order valence-corrected chi connectivity index (χ3v) is 3.03. The first-order valence-electron chi connectivity index (χ1n) is 6.14. The molecule has 0 aliphatic heterocycles. The minimum absolute atomic E-state index is 0.116. The normalized spacial score (nSPS) is 10.2. The SMILES string of the molecule is CCOc1ccccc1NCc1cccc(Cl)c1O. The molecule has 2 rings (SSSR count). The molecule has 0 aromatic heterocycles. The molecule has 0 unspecified atom stereocenters. The molecular weight excluding hydrogens is 262 g/mol. The van der Waals surface area contributed by atoms with Gasteiger partial charge in [0.05, 0.1) is 17.3 Å². The summed E-state index contributed by atoms with van der Waals surface area (Å²) in [5.74, 6) is 0.914.